The van der Waals surface area contributed by atoms with E-state index in [-0.39, 0.29) is 0 Å². The van der Waals surface area contributed by atoms with Crippen molar-refractivity contribution in [2.24, 2.45) is 0 Å². The van der Waals surface area contributed by atoms with Crippen molar-refractivity contribution in [3.63, 3.8) is 0 Å². The maximum absolute atomic E-state index is 8.33. The molecule has 0 aliphatic rings. The second kappa shape index (κ2) is 23.2. The van der Waals surface area contributed by atoms with Crippen LogP contribution in [0.1, 0.15) is 0 Å². The standard InChI is InChI=1S/O.P.2W. The van der Waals surface area contributed by atoms with Crippen LogP contribution in [0, 0.1) is 0 Å². The predicted octanol–water partition coefficient (Wildman–Crippen LogP) is 0.737. The van der Waals surface area contributed by atoms with Gasteiger partial charge >= 0.3 is 48.4 Å². The first-order valence-electron chi connectivity index (χ1n) is 0.349. The molecule has 23 valence electrons. The van der Waals surface area contributed by atoms with Crippen molar-refractivity contribution in [2.75, 3.05) is 0 Å². The summed E-state index contributed by atoms with van der Waals surface area (Å²) in [5.74, 6) is 0. The summed E-state index contributed by atoms with van der Waals surface area (Å²) in [5, 5.41) is 0. The Balaban J connectivity index is 0. The molecule has 0 aliphatic carbocycles. The fourth-order valence-corrected chi connectivity index (χ4v) is 0. The van der Waals surface area contributed by atoms with Crippen LogP contribution >= 0.6 is 6.65 Å². The Hall–Kier alpha value is 1.61. The van der Waals surface area contributed by atoms with E-state index >= 15 is 0 Å². The first kappa shape index (κ1) is 9.15. The van der Waals surface area contributed by atoms with E-state index < -0.39 is 0 Å². The number of rotatable bonds is 0. The van der Waals surface area contributed by atoms with Crippen LogP contribution in [0.15, 0.2) is 0 Å². The van der Waals surface area contributed by atoms with Gasteiger partial charge < -0.3 is 0 Å². The summed E-state index contributed by atoms with van der Waals surface area (Å²) in [5.41, 5.74) is 0. The van der Waals surface area contributed by atoms with Crippen molar-refractivity contribution in [3.05, 3.63) is 0 Å². The van der Waals surface area contributed by atoms with Crippen LogP contribution in [0.25, 0.3) is 0 Å². The zero-order valence-electron chi connectivity index (χ0n) is 1.67. The zero-order valence-corrected chi connectivity index (χ0v) is 8.43. The van der Waals surface area contributed by atoms with Crippen molar-refractivity contribution in [1.29, 1.82) is 0 Å². The first-order valence-corrected chi connectivity index (χ1v) is 5.85. The third-order valence-electron chi connectivity index (χ3n) is 0. The van der Waals surface area contributed by atoms with E-state index in [1.165, 1.54) is 18.6 Å². The van der Waals surface area contributed by atoms with Gasteiger partial charge in [0.1, 0.15) is 0 Å². The molecule has 0 bridgehead atoms. The summed E-state index contributed by atoms with van der Waals surface area (Å²) in [4.78, 5) is 0. The van der Waals surface area contributed by atoms with E-state index in [1.54, 1.807) is 0 Å². The van der Waals surface area contributed by atoms with E-state index in [4.69, 9.17) is 3.40 Å². The van der Waals surface area contributed by atoms with E-state index in [0.717, 1.165) is 0 Å². The van der Waals surface area contributed by atoms with Gasteiger partial charge in [0, 0.05) is 0 Å². The number of hydrogen-bond donors (Lipinski definition) is 0. The molecule has 4 heavy (non-hydrogen) atoms. The predicted molar refractivity (Wildman–Crippen MR) is 7.61 cm³/mol. The van der Waals surface area contributed by atoms with Gasteiger partial charge in [-0.1, -0.05) is 0 Å². The van der Waals surface area contributed by atoms with Crippen LogP contribution in [-0.4, -0.2) is 0 Å². The van der Waals surface area contributed by atoms with Gasteiger partial charge in [0.15, 0.2) is 0 Å². The first-order chi connectivity index (χ1) is 2.00. The molecular formula is OPW2. The van der Waals surface area contributed by atoms with Crippen molar-refractivity contribution >= 4 is 6.65 Å². The second-order valence-electron chi connectivity index (χ2n) is 0. The minimum atomic E-state index is 0.333. The quantitative estimate of drug-likeness (QED) is 0.535. The van der Waals surface area contributed by atoms with Crippen molar-refractivity contribution in [1.82, 2.24) is 0 Å². The van der Waals surface area contributed by atoms with Crippen LogP contribution in [-0.2, 0) is 41.8 Å². The van der Waals surface area contributed by atoms with E-state index in [0.29, 0.717) is 19.8 Å². The van der Waals surface area contributed by atoms with Crippen LogP contribution in [0.2, 0.25) is 0 Å². The molecule has 0 aliphatic heterocycles. The fraction of sp³-hybridized carbons (Fsp3) is 0. The normalized spacial score (nSPS) is 1.50. The monoisotopic (exact) mass is 415 g/mol. The Kier molecular flexibility index (Phi) is 53.1. The summed E-state index contributed by atoms with van der Waals surface area (Å²) in [6.45, 7) is 3.61. The molecule has 0 fully saturated rings. The molecular weight excluding hydrogens is 415 g/mol. The van der Waals surface area contributed by atoms with Crippen molar-refractivity contribution in [2.45, 2.75) is 0 Å². The van der Waals surface area contributed by atoms with Gasteiger partial charge in [0.05, 0.1) is 0 Å². The molecule has 0 aromatic rings. The molecule has 0 saturated carbocycles. The van der Waals surface area contributed by atoms with Gasteiger partial charge in [-0.2, -0.15) is 0 Å². The van der Waals surface area contributed by atoms with E-state index in [9.17, 15) is 0 Å². The SMILES string of the molecule is [O]=[W].[P]#[W]. The van der Waals surface area contributed by atoms with Gasteiger partial charge in [-0.25, -0.2) is 0 Å². The molecule has 0 heterocycles. The van der Waals surface area contributed by atoms with Crippen LogP contribution in [0.5, 0.6) is 0 Å². The van der Waals surface area contributed by atoms with Gasteiger partial charge in [-0.15, -0.1) is 0 Å². The van der Waals surface area contributed by atoms with E-state index in [2.05, 4.69) is 6.65 Å². The molecule has 0 spiro atoms. The molecule has 4 heteroatoms. The second-order valence-corrected chi connectivity index (χ2v) is 0. The van der Waals surface area contributed by atoms with Crippen LogP contribution in [0.3, 0.4) is 0 Å². The van der Waals surface area contributed by atoms with Crippen molar-refractivity contribution in [3.8, 4) is 0 Å². The molecule has 0 aromatic carbocycles. The molecule has 0 rings (SSSR count). The molecule has 0 radical (unpaired) electrons. The third kappa shape index (κ3) is 9.49. The average Bonchev–Trinajstić information content (AvgIpc) is 1.50. The van der Waals surface area contributed by atoms with Gasteiger partial charge in [0.2, 0.25) is 0 Å². The molecule has 0 unspecified atom stereocenters. The van der Waals surface area contributed by atoms with Crippen LogP contribution < -0.4 is 0 Å². The third-order valence-corrected chi connectivity index (χ3v) is 0. The molecule has 0 N–H and O–H groups in total. The zero-order chi connectivity index (χ0) is 4.00. The van der Waals surface area contributed by atoms with Crippen molar-refractivity contribution < 1.29 is 41.8 Å². The summed E-state index contributed by atoms with van der Waals surface area (Å²) in [7, 11) is 0. The Morgan fingerprint density at radius 1 is 1.25 bits per heavy atom. The van der Waals surface area contributed by atoms with Gasteiger partial charge in [-0.3, -0.25) is 0 Å². The van der Waals surface area contributed by atoms with Gasteiger partial charge in [-0.05, 0) is 0 Å². The topological polar surface area (TPSA) is 17.1 Å². The minimum absolute atomic E-state index is 0.333. The Labute approximate surface area is 48.3 Å². The van der Waals surface area contributed by atoms with Crippen LogP contribution in [0.4, 0.5) is 0 Å². The molecule has 0 aromatic heterocycles. The molecule has 0 atom stereocenters. The summed E-state index contributed by atoms with van der Waals surface area (Å²) in [6, 6.07) is 0. The van der Waals surface area contributed by atoms with Gasteiger partial charge in [0.25, 0.3) is 0 Å². The average molecular weight is 415 g/mol. The Bertz CT molecular complexity index is 17.2. The number of hydrogen-bond acceptors (Lipinski definition) is 1. The maximum atomic E-state index is 8.33. The summed E-state index contributed by atoms with van der Waals surface area (Å²) in [6.07, 6.45) is 0. The molecule has 0 saturated heterocycles. The molecule has 1 nitrogen and oxygen atoms in total. The van der Waals surface area contributed by atoms with E-state index in [1.807, 2.05) is 0 Å². The summed E-state index contributed by atoms with van der Waals surface area (Å²) >= 11 is 1.61. The Morgan fingerprint density at radius 2 is 1.25 bits per heavy atom. The Morgan fingerprint density at radius 3 is 1.25 bits per heavy atom. The molecule has 0 amide bonds. The summed E-state index contributed by atoms with van der Waals surface area (Å²) < 4.78 is 8.33. The fourth-order valence-electron chi connectivity index (χ4n) is 0.